The topological polar surface area (TPSA) is 167 Å². The molecule has 9 rings (SSSR count). The van der Waals surface area contributed by atoms with Gasteiger partial charge in [-0.25, -0.2) is 20.0 Å². The summed E-state index contributed by atoms with van der Waals surface area (Å²) in [6.45, 7) is 0. The summed E-state index contributed by atoms with van der Waals surface area (Å²) < 4.78 is 22.5. The van der Waals surface area contributed by atoms with Crippen molar-refractivity contribution in [3.05, 3.63) is 166 Å². The first-order valence-corrected chi connectivity index (χ1v) is 18.7. The van der Waals surface area contributed by atoms with Crippen LogP contribution in [0.4, 0.5) is 0 Å². The molecule has 5 aliphatic rings. The molecule has 12 nitrogen and oxygen atoms in total. The number of hydrogen-bond donors (Lipinski definition) is 4. The van der Waals surface area contributed by atoms with Crippen molar-refractivity contribution in [2.45, 2.75) is 0 Å². The molecule has 0 amide bonds. The summed E-state index contributed by atoms with van der Waals surface area (Å²) in [4.78, 5) is 20.5. The van der Waals surface area contributed by atoms with E-state index in [1.807, 2.05) is 48.6 Å². The van der Waals surface area contributed by atoms with Crippen LogP contribution in [-0.4, -0.2) is 71.7 Å². The fourth-order valence-corrected chi connectivity index (χ4v) is 7.54. The Hall–Kier alpha value is -8.12. The van der Waals surface area contributed by atoms with Crippen molar-refractivity contribution < 1.29 is 39.4 Å². The van der Waals surface area contributed by atoms with Crippen LogP contribution < -0.4 is 18.9 Å². The zero-order chi connectivity index (χ0) is 41.7. The van der Waals surface area contributed by atoms with E-state index in [9.17, 15) is 20.4 Å². The van der Waals surface area contributed by atoms with Gasteiger partial charge >= 0.3 is 0 Å². The fraction of sp³-hybridized carbons (Fsp3) is 0.0833. The van der Waals surface area contributed by atoms with E-state index in [-0.39, 0.29) is 46.0 Å². The summed E-state index contributed by atoms with van der Waals surface area (Å²) in [6.07, 6.45) is 15.2. The molecule has 8 bridgehead atoms. The standard InChI is InChI=1S/C48H36N4O8/c1-57-40-17-25(5-13-36(40)53)34-23-33-22-31-10-9-29(49-31)21-30-11-12-32(50-30)24-35-44(26-6-14-37(54)41(18-26)58-2)45(27-7-15-38(55)42(19-27)59-3)48(52-35)46(47(34)51-33)28-8-16-39(56)43(20-28)60-4/h5-24,53-56H,1-4H3. The molecule has 0 saturated carbocycles. The lowest BCUT2D eigenvalue weighted by Gasteiger charge is -2.19. The van der Waals surface area contributed by atoms with Crippen molar-refractivity contribution in [2.24, 2.45) is 20.0 Å². The van der Waals surface area contributed by atoms with Crippen LogP contribution in [0, 0.1) is 0 Å². The zero-order valence-corrected chi connectivity index (χ0v) is 32.8. The van der Waals surface area contributed by atoms with E-state index in [1.54, 1.807) is 72.8 Å². The van der Waals surface area contributed by atoms with Crippen molar-refractivity contribution >= 4 is 45.1 Å². The lowest BCUT2D eigenvalue weighted by molar-refractivity contribution is 0.373. The number of phenolic OH excluding ortho intramolecular Hbond substituents is 4. The minimum atomic E-state index is -0.0686. The molecule has 4 N–H and O–H groups in total. The van der Waals surface area contributed by atoms with Gasteiger partial charge < -0.3 is 39.4 Å². The first-order valence-electron chi connectivity index (χ1n) is 18.7. The van der Waals surface area contributed by atoms with Crippen LogP contribution >= 0.6 is 0 Å². The Balaban J connectivity index is 1.46. The molecule has 5 heterocycles. The number of nitrogens with zero attached hydrogens (tertiary/aromatic N) is 4. The number of rotatable bonds is 8. The first-order chi connectivity index (χ1) is 29.1. The van der Waals surface area contributed by atoms with Gasteiger partial charge in [0, 0.05) is 22.3 Å². The van der Waals surface area contributed by atoms with Crippen LogP contribution in [0.2, 0.25) is 0 Å². The number of fused-ring (bicyclic) bond motifs is 4. The molecule has 0 atom stereocenters. The Morgan fingerprint density at radius 3 is 1.35 bits per heavy atom. The molecule has 0 saturated heterocycles. The third-order valence-corrected chi connectivity index (χ3v) is 10.4. The minimum Gasteiger partial charge on any atom is -0.504 e. The average Bonchev–Trinajstić information content (AvgIpc) is 4.07. The molecule has 4 aromatic carbocycles. The van der Waals surface area contributed by atoms with E-state index < -0.39 is 0 Å². The summed E-state index contributed by atoms with van der Waals surface area (Å²) in [5.74, 6) is 0.741. The van der Waals surface area contributed by atoms with Gasteiger partial charge in [0.15, 0.2) is 46.0 Å². The summed E-state index contributed by atoms with van der Waals surface area (Å²) in [5.41, 5.74) is 9.75. The van der Waals surface area contributed by atoms with Crippen molar-refractivity contribution in [3.8, 4) is 46.0 Å². The SMILES string of the molecule is COc1cc(C2=CC3=CC4=NC(=CC5=NC(=CC6=NC(=C(c7ccc(O)c(OC)c7)C2=N3)C(c2ccc(O)c(OC)c2)=C6c2ccc(O)c(OC)c2)C=C5)C=C4)ccc1O. The van der Waals surface area contributed by atoms with Gasteiger partial charge in [-0.3, -0.25) is 0 Å². The predicted octanol–water partition coefficient (Wildman–Crippen LogP) is 8.55. The second-order valence-corrected chi connectivity index (χ2v) is 14.0. The Morgan fingerprint density at radius 1 is 0.400 bits per heavy atom. The molecule has 0 spiro atoms. The molecule has 0 aromatic heterocycles. The Labute approximate surface area is 344 Å². The molecule has 0 aliphatic carbocycles. The van der Waals surface area contributed by atoms with Gasteiger partial charge in [0.25, 0.3) is 0 Å². The maximum Gasteiger partial charge on any atom is 0.161 e. The Bertz CT molecular complexity index is 2950. The summed E-state index contributed by atoms with van der Waals surface area (Å²) in [6, 6.07) is 20.2. The average molecular weight is 797 g/mol. The number of aliphatic imine (C=N–C) groups is 4. The molecule has 12 heteroatoms. The highest BCUT2D eigenvalue weighted by Gasteiger charge is 2.34. The maximum atomic E-state index is 10.9. The number of aromatic hydroxyl groups is 4. The van der Waals surface area contributed by atoms with E-state index >= 15 is 0 Å². The molecule has 60 heavy (non-hydrogen) atoms. The number of ether oxygens (including phenoxy) is 4. The van der Waals surface area contributed by atoms with Crippen LogP contribution in [0.1, 0.15) is 22.3 Å². The van der Waals surface area contributed by atoms with Gasteiger partial charge in [-0.15, -0.1) is 0 Å². The van der Waals surface area contributed by atoms with Gasteiger partial charge in [0.1, 0.15) is 0 Å². The van der Waals surface area contributed by atoms with Crippen molar-refractivity contribution in [2.75, 3.05) is 28.4 Å². The largest absolute Gasteiger partial charge is 0.504 e. The van der Waals surface area contributed by atoms with E-state index in [0.29, 0.717) is 90.2 Å². The highest BCUT2D eigenvalue weighted by atomic mass is 16.5. The first kappa shape index (κ1) is 37.5. The van der Waals surface area contributed by atoms with Gasteiger partial charge in [0.2, 0.25) is 0 Å². The number of benzene rings is 4. The summed E-state index contributed by atoms with van der Waals surface area (Å²) >= 11 is 0. The Morgan fingerprint density at radius 2 is 0.833 bits per heavy atom. The second kappa shape index (κ2) is 15.0. The Kier molecular flexibility index (Phi) is 9.36. The van der Waals surface area contributed by atoms with Gasteiger partial charge in [-0.1, -0.05) is 24.3 Å². The molecule has 4 aromatic rings. The smallest absolute Gasteiger partial charge is 0.161 e. The maximum absolute atomic E-state index is 10.9. The van der Waals surface area contributed by atoms with Crippen molar-refractivity contribution in [1.29, 1.82) is 0 Å². The number of phenols is 4. The second-order valence-electron chi connectivity index (χ2n) is 14.0. The van der Waals surface area contributed by atoms with E-state index in [2.05, 4.69) is 0 Å². The zero-order valence-electron chi connectivity index (χ0n) is 32.8. The monoisotopic (exact) mass is 796 g/mol. The van der Waals surface area contributed by atoms with Crippen LogP contribution in [0.3, 0.4) is 0 Å². The number of methoxy groups -OCH3 is 4. The third-order valence-electron chi connectivity index (χ3n) is 10.4. The quantitative estimate of drug-likeness (QED) is 0.138. The van der Waals surface area contributed by atoms with Gasteiger partial charge in [-0.05, 0) is 119 Å². The van der Waals surface area contributed by atoms with Crippen LogP contribution in [0.15, 0.2) is 164 Å². The molecule has 0 unspecified atom stereocenters. The van der Waals surface area contributed by atoms with Gasteiger partial charge in [0.05, 0.1) is 74.1 Å². The van der Waals surface area contributed by atoms with E-state index in [1.165, 1.54) is 28.4 Å². The molecule has 296 valence electrons. The van der Waals surface area contributed by atoms with Crippen molar-refractivity contribution in [1.82, 2.24) is 0 Å². The van der Waals surface area contributed by atoms with Crippen LogP contribution in [-0.2, 0) is 0 Å². The number of allylic oxidation sites excluding steroid dienone is 12. The normalized spacial score (nSPS) is 16.5. The minimum absolute atomic E-state index is 0.0311. The highest BCUT2D eigenvalue weighted by molar-refractivity contribution is 6.50. The molecule has 0 radical (unpaired) electrons. The lowest BCUT2D eigenvalue weighted by Crippen LogP contribution is -2.07. The molecule has 5 aliphatic heterocycles. The molecular weight excluding hydrogens is 761 g/mol. The predicted molar refractivity (Wildman–Crippen MR) is 233 cm³/mol. The molecular formula is C48H36N4O8. The lowest BCUT2D eigenvalue weighted by atomic mass is 9.85. The molecule has 0 fully saturated rings. The summed E-state index contributed by atoms with van der Waals surface area (Å²) in [5, 5.41) is 43.1. The van der Waals surface area contributed by atoms with E-state index in [0.717, 1.165) is 0 Å². The van der Waals surface area contributed by atoms with E-state index in [4.69, 9.17) is 38.9 Å². The van der Waals surface area contributed by atoms with Crippen LogP contribution in [0.5, 0.6) is 46.0 Å². The van der Waals surface area contributed by atoms with Crippen LogP contribution in [0.25, 0.3) is 22.3 Å². The fourth-order valence-electron chi connectivity index (χ4n) is 7.54. The number of hydrogen-bond acceptors (Lipinski definition) is 12. The summed E-state index contributed by atoms with van der Waals surface area (Å²) in [7, 11) is 5.92. The van der Waals surface area contributed by atoms with Gasteiger partial charge in [-0.2, -0.15) is 0 Å². The highest BCUT2D eigenvalue weighted by Crippen LogP contribution is 2.49. The third kappa shape index (κ3) is 6.65. The van der Waals surface area contributed by atoms with Crippen molar-refractivity contribution in [3.63, 3.8) is 0 Å².